The summed E-state index contributed by atoms with van der Waals surface area (Å²) in [7, 11) is -1.05. The van der Waals surface area contributed by atoms with Gasteiger partial charge in [-0.3, -0.25) is 14.5 Å². The molecule has 6 nitrogen and oxygen atoms in total. The maximum absolute atomic E-state index is 12.3. The number of ketones is 2. The van der Waals surface area contributed by atoms with Crippen molar-refractivity contribution in [1.82, 2.24) is 10.2 Å². The van der Waals surface area contributed by atoms with Gasteiger partial charge in [0.25, 0.3) is 0 Å². The van der Waals surface area contributed by atoms with E-state index in [2.05, 4.69) is 10.2 Å². The number of piperazine rings is 1. The normalized spacial score (nSPS) is 21.1. The number of hydrogen-bond donors (Lipinski definition) is 2. The molecule has 128 valence electrons. The molecular weight excluding hydrogens is 307 g/mol. The summed E-state index contributed by atoms with van der Waals surface area (Å²) in [6, 6.07) is 5.40. The molecule has 0 saturated carbocycles. The molecule has 24 heavy (non-hydrogen) atoms. The molecule has 0 spiro atoms. The number of rotatable bonds is 5. The first-order valence-corrected chi connectivity index (χ1v) is 8.47. The SMILES string of the molecule is CC(=O)c1cccc2c1OB(O)[C@@H](CC(=O)CN1CCNCC1)C2. The van der Waals surface area contributed by atoms with Crippen LogP contribution in [0.25, 0.3) is 0 Å². The molecule has 0 aliphatic carbocycles. The predicted octanol–water partition coefficient (Wildman–Crippen LogP) is 0.539. The molecule has 0 bridgehead atoms. The highest BCUT2D eigenvalue weighted by Gasteiger charge is 2.37. The van der Waals surface area contributed by atoms with E-state index in [0.717, 1.165) is 31.7 Å². The molecule has 0 radical (unpaired) electrons. The van der Waals surface area contributed by atoms with E-state index in [1.54, 1.807) is 6.07 Å². The van der Waals surface area contributed by atoms with Gasteiger partial charge < -0.3 is 15.0 Å². The lowest BCUT2D eigenvalue weighted by atomic mass is 9.64. The molecule has 1 aromatic carbocycles. The van der Waals surface area contributed by atoms with E-state index in [4.69, 9.17) is 4.65 Å². The summed E-state index contributed by atoms with van der Waals surface area (Å²) in [6.07, 6.45) is 0.833. The lowest BCUT2D eigenvalue weighted by Crippen LogP contribution is -2.46. The van der Waals surface area contributed by atoms with E-state index in [1.165, 1.54) is 6.92 Å². The van der Waals surface area contributed by atoms with Crippen molar-refractivity contribution < 1.29 is 19.3 Å². The molecule has 1 fully saturated rings. The van der Waals surface area contributed by atoms with Gasteiger partial charge in [-0.15, -0.1) is 0 Å². The average molecular weight is 330 g/mol. The van der Waals surface area contributed by atoms with Crippen LogP contribution in [0.4, 0.5) is 0 Å². The highest BCUT2D eigenvalue weighted by atomic mass is 16.5. The van der Waals surface area contributed by atoms with Gasteiger partial charge in [-0.2, -0.15) is 0 Å². The molecule has 1 saturated heterocycles. The second kappa shape index (κ2) is 7.46. The third-order valence-corrected chi connectivity index (χ3v) is 4.70. The van der Waals surface area contributed by atoms with Gasteiger partial charge in [0, 0.05) is 38.4 Å². The average Bonchev–Trinajstić information content (AvgIpc) is 2.55. The van der Waals surface area contributed by atoms with Crippen LogP contribution in [0.15, 0.2) is 18.2 Å². The van der Waals surface area contributed by atoms with Gasteiger partial charge in [-0.1, -0.05) is 12.1 Å². The van der Waals surface area contributed by atoms with Crippen molar-refractivity contribution in [1.29, 1.82) is 0 Å². The van der Waals surface area contributed by atoms with Gasteiger partial charge in [0.2, 0.25) is 0 Å². The minimum absolute atomic E-state index is 0.0905. The van der Waals surface area contributed by atoms with Crippen LogP contribution in [0.2, 0.25) is 5.82 Å². The molecule has 3 rings (SSSR count). The van der Waals surface area contributed by atoms with Crippen LogP contribution >= 0.6 is 0 Å². The fourth-order valence-corrected chi connectivity index (χ4v) is 3.41. The van der Waals surface area contributed by atoms with E-state index < -0.39 is 7.12 Å². The maximum Gasteiger partial charge on any atom is 0.526 e. The summed E-state index contributed by atoms with van der Waals surface area (Å²) in [6.45, 7) is 5.47. The standard InChI is InChI=1S/C17H23BN2O4/c1-12(21)16-4-2-3-13-9-14(18(23)24-17(13)16)10-15(22)11-20-7-5-19-6-8-20/h2-4,14,19,23H,5-11H2,1H3/t14-/m1/s1. The van der Waals surface area contributed by atoms with Crippen LogP contribution in [0, 0.1) is 0 Å². The summed E-state index contributed by atoms with van der Waals surface area (Å²) in [5, 5.41) is 13.5. The molecule has 2 aliphatic rings. The Morgan fingerprint density at radius 3 is 2.83 bits per heavy atom. The molecule has 0 amide bonds. The van der Waals surface area contributed by atoms with Crippen molar-refractivity contribution in [3.8, 4) is 5.75 Å². The third-order valence-electron chi connectivity index (χ3n) is 4.70. The second-order valence-corrected chi connectivity index (χ2v) is 6.59. The first kappa shape index (κ1) is 17.1. The highest BCUT2D eigenvalue weighted by Crippen LogP contribution is 2.36. The van der Waals surface area contributed by atoms with Gasteiger partial charge in [-0.05, 0) is 25.0 Å². The number of para-hydroxylation sites is 1. The molecule has 2 heterocycles. The maximum atomic E-state index is 12.3. The van der Waals surface area contributed by atoms with Crippen LogP contribution in [0.1, 0.15) is 29.3 Å². The molecule has 0 unspecified atom stereocenters. The summed E-state index contributed by atoms with van der Waals surface area (Å²) >= 11 is 0. The Balaban J connectivity index is 1.64. The fraction of sp³-hybridized carbons (Fsp3) is 0.529. The topological polar surface area (TPSA) is 78.9 Å². The second-order valence-electron chi connectivity index (χ2n) is 6.59. The van der Waals surface area contributed by atoms with Gasteiger partial charge in [0.1, 0.15) is 11.5 Å². The molecule has 2 aliphatic heterocycles. The van der Waals surface area contributed by atoms with E-state index in [9.17, 15) is 14.6 Å². The Kier molecular flexibility index (Phi) is 5.33. The zero-order valence-corrected chi connectivity index (χ0v) is 14.0. The zero-order valence-electron chi connectivity index (χ0n) is 14.0. The van der Waals surface area contributed by atoms with Crippen molar-refractivity contribution in [2.24, 2.45) is 0 Å². The number of Topliss-reactive ketones (excluding diaryl/α,β-unsaturated/α-hetero) is 2. The Bertz CT molecular complexity index is 631. The summed E-state index contributed by atoms with van der Waals surface area (Å²) in [5.41, 5.74) is 1.37. The molecule has 7 heteroatoms. The summed E-state index contributed by atoms with van der Waals surface area (Å²) < 4.78 is 5.59. The van der Waals surface area contributed by atoms with Crippen molar-refractivity contribution in [3.63, 3.8) is 0 Å². The zero-order chi connectivity index (χ0) is 17.1. The van der Waals surface area contributed by atoms with E-state index in [1.807, 2.05) is 12.1 Å². The third kappa shape index (κ3) is 3.86. The molecule has 0 aromatic heterocycles. The molecule has 1 atom stereocenters. The van der Waals surface area contributed by atoms with Gasteiger partial charge >= 0.3 is 7.12 Å². The van der Waals surface area contributed by atoms with Crippen LogP contribution in [0.3, 0.4) is 0 Å². The van der Waals surface area contributed by atoms with Crippen molar-refractivity contribution >= 4 is 18.7 Å². The summed E-state index contributed by atoms with van der Waals surface area (Å²) in [5.74, 6) is 0.224. The largest absolute Gasteiger partial charge is 0.535 e. The fourth-order valence-electron chi connectivity index (χ4n) is 3.41. The number of benzene rings is 1. The highest BCUT2D eigenvalue weighted by molar-refractivity contribution is 6.47. The lowest BCUT2D eigenvalue weighted by molar-refractivity contribution is -0.120. The van der Waals surface area contributed by atoms with Gasteiger partial charge in [0.05, 0.1) is 12.1 Å². The van der Waals surface area contributed by atoms with Crippen molar-refractivity contribution in [2.75, 3.05) is 32.7 Å². The van der Waals surface area contributed by atoms with E-state index >= 15 is 0 Å². The first-order chi connectivity index (χ1) is 11.5. The Morgan fingerprint density at radius 1 is 1.38 bits per heavy atom. The van der Waals surface area contributed by atoms with Crippen LogP contribution in [-0.2, 0) is 11.2 Å². The number of carbonyl (C=O) groups excluding carboxylic acids is 2. The van der Waals surface area contributed by atoms with Crippen molar-refractivity contribution in [3.05, 3.63) is 29.3 Å². The number of hydrogen-bond acceptors (Lipinski definition) is 6. The van der Waals surface area contributed by atoms with Crippen LogP contribution < -0.4 is 9.97 Å². The van der Waals surface area contributed by atoms with Crippen LogP contribution in [0.5, 0.6) is 5.75 Å². The monoisotopic (exact) mass is 330 g/mol. The molecular formula is C17H23BN2O4. The molecule has 1 aromatic rings. The van der Waals surface area contributed by atoms with Crippen molar-refractivity contribution in [2.45, 2.75) is 25.6 Å². The van der Waals surface area contributed by atoms with Gasteiger partial charge in [-0.25, -0.2) is 0 Å². The Hall–Kier alpha value is -1.70. The number of nitrogens with zero attached hydrogens (tertiary/aromatic N) is 1. The van der Waals surface area contributed by atoms with Crippen LogP contribution in [-0.4, -0.2) is 61.3 Å². The quantitative estimate of drug-likeness (QED) is 0.606. The first-order valence-electron chi connectivity index (χ1n) is 8.47. The Labute approximate surface area is 142 Å². The summed E-state index contributed by atoms with van der Waals surface area (Å²) in [4.78, 5) is 26.1. The predicted molar refractivity (Wildman–Crippen MR) is 91.4 cm³/mol. The number of carbonyl (C=O) groups is 2. The minimum Gasteiger partial charge on any atom is -0.535 e. The smallest absolute Gasteiger partial charge is 0.526 e. The minimum atomic E-state index is -1.05. The Morgan fingerprint density at radius 2 is 2.12 bits per heavy atom. The number of nitrogens with one attached hydrogen (secondary N) is 1. The molecule has 2 N–H and O–H groups in total. The lowest BCUT2D eigenvalue weighted by Gasteiger charge is -2.30. The van der Waals surface area contributed by atoms with E-state index in [0.29, 0.717) is 24.3 Å². The van der Waals surface area contributed by atoms with E-state index in [-0.39, 0.29) is 23.8 Å². The number of fused-ring (bicyclic) bond motifs is 1. The van der Waals surface area contributed by atoms with Gasteiger partial charge in [0.15, 0.2) is 5.78 Å².